The van der Waals surface area contributed by atoms with Gasteiger partial charge in [0.1, 0.15) is 23.9 Å². The highest BCUT2D eigenvalue weighted by molar-refractivity contribution is 7.15. The number of thiazole rings is 1. The van der Waals surface area contributed by atoms with Crippen LogP contribution in [0.2, 0.25) is 10.0 Å². The Morgan fingerprint density at radius 2 is 1.67 bits per heavy atom. The second-order valence-electron chi connectivity index (χ2n) is 10.2. The summed E-state index contributed by atoms with van der Waals surface area (Å²) in [5, 5.41) is 10.4. The van der Waals surface area contributed by atoms with Crippen molar-refractivity contribution in [3.63, 3.8) is 0 Å². The lowest BCUT2D eigenvalue weighted by Gasteiger charge is -2.09. The summed E-state index contributed by atoms with van der Waals surface area (Å²) in [6.45, 7) is 0.293. The minimum Gasteiger partial charge on any atom is -0.489 e. The van der Waals surface area contributed by atoms with E-state index in [-0.39, 0.29) is 11.4 Å². The lowest BCUT2D eigenvalue weighted by molar-refractivity contribution is 0.306. The van der Waals surface area contributed by atoms with Crippen LogP contribution in [0.15, 0.2) is 108 Å². The molecule has 3 aromatic heterocycles. The summed E-state index contributed by atoms with van der Waals surface area (Å²) in [7, 11) is 0. The number of hydrogen-bond acceptors (Lipinski definition) is 6. The molecular formula is C35H22Cl2FN5O2S. The second kappa shape index (κ2) is 12.7. The number of benzene rings is 4. The number of para-hydroxylation sites is 1. The van der Waals surface area contributed by atoms with Gasteiger partial charge in [-0.25, -0.2) is 9.07 Å². The maximum Gasteiger partial charge on any atom is 0.291 e. The van der Waals surface area contributed by atoms with Crippen LogP contribution in [0.5, 0.6) is 5.75 Å². The van der Waals surface area contributed by atoms with Gasteiger partial charge < -0.3 is 4.74 Å². The van der Waals surface area contributed by atoms with Gasteiger partial charge in [0.15, 0.2) is 5.82 Å². The van der Waals surface area contributed by atoms with Gasteiger partial charge >= 0.3 is 0 Å². The van der Waals surface area contributed by atoms with E-state index in [1.165, 1.54) is 28.0 Å². The Bertz CT molecular complexity index is 2320. The fourth-order valence-corrected chi connectivity index (χ4v) is 6.11. The average molecular weight is 667 g/mol. The molecule has 0 bridgehead atoms. The lowest BCUT2D eigenvalue weighted by atomic mass is 10.1. The first-order chi connectivity index (χ1) is 22.4. The topological polar surface area (TPSA) is 74.3 Å². The van der Waals surface area contributed by atoms with E-state index in [2.05, 4.69) is 10.1 Å². The van der Waals surface area contributed by atoms with Crippen LogP contribution < -0.4 is 14.8 Å². The number of hydrogen-bond donors (Lipinski definition) is 0. The first-order valence-corrected chi connectivity index (χ1v) is 15.6. The third-order valence-electron chi connectivity index (χ3n) is 7.08. The van der Waals surface area contributed by atoms with Gasteiger partial charge in [-0.1, -0.05) is 77.0 Å². The molecule has 0 saturated carbocycles. The zero-order chi connectivity index (χ0) is 31.6. The molecule has 4 aromatic carbocycles. The quantitative estimate of drug-likeness (QED) is 0.166. The van der Waals surface area contributed by atoms with Gasteiger partial charge in [0, 0.05) is 32.9 Å². The zero-order valence-corrected chi connectivity index (χ0v) is 26.2. The Balaban J connectivity index is 1.20. The Hall–Kier alpha value is -5.09. The second-order valence-corrected chi connectivity index (χ2v) is 12.1. The van der Waals surface area contributed by atoms with Crippen molar-refractivity contribution in [3.05, 3.63) is 157 Å². The van der Waals surface area contributed by atoms with Crippen molar-refractivity contribution in [2.24, 2.45) is 0 Å². The molecule has 7 nitrogen and oxygen atoms in total. The summed E-state index contributed by atoms with van der Waals surface area (Å²) >= 11 is 13.5. The molecule has 7 aromatic rings. The molecular weight excluding hydrogens is 644 g/mol. The van der Waals surface area contributed by atoms with Crippen molar-refractivity contribution in [2.75, 3.05) is 0 Å². The molecule has 0 radical (unpaired) electrons. The molecule has 0 amide bonds. The van der Waals surface area contributed by atoms with E-state index < -0.39 is 0 Å². The highest BCUT2D eigenvalue weighted by atomic mass is 35.5. The van der Waals surface area contributed by atoms with Crippen LogP contribution >= 0.6 is 34.5 Å². The summed E-state index contributed by atoms with van der Waals surface area (Å²) in [6, 6.07) is 28.7. The number of nitrogens with zero attached hydrogens (tertiary/aromatic N) is 5. The van der Waals surface area contributed by atoms with Crippen molar-refractivity contribution in [1.29, 1.82) is 0 Å². The van der Waals surface area contributed by atoms with Crippen LogP contribution in [0, 0.1) is 5.82 Å². The molecule has 7 rings (SSSR count). The third kappa shape index (κ3) is 6.34. The molecule has 3 heterocycles. The van der Waals surface area contributed by atoms with E-state index in [9.17, 15) is 9.18 Å². The Kier molecular flexibility index (Phi) is 8.19. The lowest BCUT2D eigenvalue weighted by Crippen LogP contribution is -2.23. The van der Waals surface area contributed by atoms with Gasteiger partial charge in [-0.2, -0.15) is 14.6 Å². The van der Waals surface area contributed by atoms with E-state index in [4.69, 9.17) is 33.0 Å². The molecule has 46 heavy (non-hydrogen) atoms. The predicted molar refractivity (Wildman–Crippen MR) is 181 cm³/mol. The molecule has 0 spiro atoms. The summed E-state index contributed by atoms with van der Waals surface area (Å²) in [5.74, 6) is 0.744. The minimum absolute atomic E-state index is 0.281. The maximum atomic E-state index is 13.4. The predicted octanol–water partition coefficient (Wildman–Crippen LogP) is 7.75. The smallest absolute Gasteiger partial charge is 0.291 e. The van der Waals surface area contributed by atoms with Crippen LogP contribution in [0.4, 0.5) is 4.39 Å². The molecule has 0 atom stereocenters. The summed E-state index contributed by atoms with van der Waals surface area (Å²) < 4.78 is 22.7. The molecule has 0 aliphatic carbocycles. The van der Waals surface area contributed by atoms with E-state index in [1.807, 2.05) is 72.9 Å². The fourth-order valence-electron chi connectivity index (χ4n) is 4.74. The number of fused-ring (bicyclic) bond motifs is 1. The molecule has 0 aliphatic heterocycles. The van der Waals surface area contributed by atoms with Crippen LogP contribution in [0.1, 0.15) is 22.5 Å². The fraction of sp³-hybridized carbons (Fsp3) is 0.0286. The minimum atomic E-state index is -0.308. The monoisotopic (exact) mass is 665 g/mol. The molecule has 226 valence electrons. The van der Waals surface area contributed by atoms with Crippen molar-refractivity contribution < 1.29 is 9.13 Å². The van der Waals surface area contributed by atoms with Gasteiger partial charge in [-0.3, -0.25) is 4.79 Å². The van der Waals surface area contributed by atoms with Gasteiger partial charge in [0.2, 0.25) is 4.96 Å². The standard InChI is InChI=1S/C35H22Cl2FN5O2S/c36-26-12-9-24(30(37)19-26)21-45-29-15-10-23(11-16-29)33-25(20-42(41-33)28-4-2-1-3-5-28)18-31-34(44)43-35(46-31)39-32(40-43)17-8-22-6-13-27(38)14-7-22/h1-20H,21H2/b17-8+,31-18-. The molecule has 0 N–H and O–H groups in total. The molecule has 0 unspecified atom stereocenters. The van der Waals surface area contributed by atoms with Gasteiger partial charge in [-0.15, -0.1) is 5.10 Å². The van der Waals surface area contributed by atoms with Gasteiger partial charge in [0.05, 0.1) is 10.2 Å². The number of ether oxygens (including phenoxy) is 1. The summed E-state index contributed by atoms with van der Waals surface area (Å²) in [4.78, 5) is 18.3. The first kappa shape index (κ1) is 29.6. The van der Waals surface area contributed by atoms with Crippen LogP contribution in [0.25, 0.3) is 40.1 Å². The molecule has 0 fully saturated rings. The first-order valence-electron chi connectivity index (χ1n) is 14.1. The summed E-state index contributed by atoms with van der Waals surface area (Å²) in [5.41, 5.74) is 4.51. The Morgan fingerprint density at radius 1 is 0.891 bits per heavy atom. The number of halogens is 3. The largest absolute Gasteiger partial charge is 0.489 e. The highest BCUT2D eigenvalue weighted by Crippen LogP contribution is 2.28. The highest BCUT2D eigenvalue weighted by Gasteiger charge is 2.14. The van der Waals surface area contributed by atoms with Crippen molar-refractivity contribution in [2.45, 2.75) is 6.61 Å². The van der Waals surface area contributed by atoms with Crippen molar-refractivity contribution in [3.8, 4) is 22.7 Å². The van der Waals surface area contributed by atoms with E-state index in [0.717, 1.165) is 27.9 Å². The Labute approximate surface area is 276 Å². The Morgan fingerprint density at radius 3 is 2.41 bits per heavy atom. The van der Waals surface area contributed by atoms with E-state index in [0.29, 0.717) is 43.4 Å². The molecule has 11 heteroatoms. The molecule has 0 saturated heterocycles. The average Bonchev–Trinajstić information content (AvgIpc) is 3.75. The molecule has 0 aliphatic rings. The number of rotatable bonds is 8. The van der Waals surface area contributed by atoms with Crippen LogP contribution in [-0.4, -0.2) is 24.4 Å². The van der Waals surface area contributed by atoms with Crippen molar-refractivity contribution >= 4 is 57.7 Å². The number of aromatic nitrogens is 5. The SMILES string of the molecule is O=c1/c(=C/c2cn(-c3ccccc3)nc2-c2ccc(OCc3ccc(Cl)cc3Cl)cc2)sc2nc(/C=C/c3ccc(F)cc3)nn12. The normalized spacial score (nSPS) is 12.0. The maximum absolute atomic E-state index is 13.4. The van der Waals surface area contributed by atoms with Crippen molar-refractivity contribution in [1.82, 2.24) is 24.4 Å². The van der Waals surface area contributed by atoms with Crippen LogP contribution in [0.3, 0.4) is 0 Å². The zero-order valence-electron chi connectivity index (χ0n) is 23.8. The van der Waals surface area contributed by atoms with E-state index in [1.54, 1.807) is 41.1 Å². The van der Waals surface area contributed by atoms with E-state index >= 15 is 0 Å². The van der Waals surface area contributed by atoms with Crippen LogP contribution in [-0.2, 0) is 6.61 Å². The summed E-state index contributed by atoms with van der Waals surface area (Å²) in [6.07, 6.45) is 7.16. The third-order valence-corrected chi connectivity index (χ3v) is 8.63. The van der Waals surface area contributed by atoms with Gasteiger partial charge in [-0.05, 0) is 78.4 Å². The van der Waals surface area contributed by atoms with Gasteiger partial charge in [0.25, 0.3) is 5.56 Å².